The molecule has 0 spiro atoms. The van der Waals surface area contributed by atoms with Gasteiger partial charge >= 0.3 is 6.09 Å². The van der Waals surface area contributed by atoms with Crippen LogP contribution < -0.4 is 15.0 Å². The molecule has 3 heterocycles. The minimum Gasteiger partial charge on any atom is -0.485 e. The zero-order valence-corrected chi connectivity index (χ0v) is 18.5. The van der Waals surface area contributed by atoms with E-state index in [0.29, 0.717) is 17.3 Å². The number of anilines is 2. The quantitative estimate of drug-likeness (QED) is 0.567. The van der Waals surface area contributed by atoms with Crippen LogP contribution in [0.3, 0.4) is 0 Å². The van der Waals surface area contributed by atoms with Gasteiger partial charge in [0.2, 0.25) is 5.95 Å². The Bertz CT molecular complexity index is 1150. The number of benzene rings is 1. The number of carbonyl (C=O) groups excluding carboxylic acids is 1. The van der Waals surface area contributed by atoms with Crippen molar-refractivity contribution >= 4 is 17.9 Å². The number of fused-ring (bicyclic) bond motifs is 3. The Kier molecular flexibility index (Phi) is 6.38. The number of nitrogens with zero attached hydrogens (tertiary/aromatic N) is 5. The molecule has 0 fully saturated rings. The van der Waals surface area contributed by atoms with Crippen LogP contribution in [0.5, 0.6) is 5.75 Å². The van der Waals surface area contributed by atoms with Crippen molar-refractivity contribution < 1.29 is 23.0 Å². The molecule has 0 bridgehead atoms. The second-order valence-electron chi connectivity index (χ2n) is 7.69. The molecule has 2 atom stereocenters. The fourth-order valence-electron chi connectivity index (χ4n) is 3.42. The molecule has 0 aliphatic carbocycles. The summed E-state index contributed by atoms with van der Waals surface area (Å²) < 4.78 is 39.0. The van der Waals surface area contributed by atoms with Gasteiger partial charge in [-0.15, -0.1) is 0 Å². The van der Waals surface area contributed by atoms with Gasteiger partial charge in [-0.2, -0.15) is 4.98 Å². The highest BCUT2D eigenvalue weighted by molar-refractivity contribution is 5.85. The summed E-state index contributed by atoms with van der Waals surface area (Å²) in [6.07, 6.45) is 1.63. The van der Waals surface area contributed by atoms with Crippen molar-refractivity contribution in [2.75, 3.05) is 23.9 Å². The van der Waals surface area contributed by atoms with Gasteiger partial charge in [0.05, 0.1) is 29.7 Å². The van der Waals surface area contributed by atoms with Gasteiger partial charge in [0.15, 0.2) is 0 Å². The van der Waals surface area contributed by atoms with Gasteiger partial charge in [-0.3, -0.25) is 9.47 Å². The van der Waals surface area contributed by atoms with Crippen LogP contribution in [0.2, 0.25) is 0 Å². The lowest BCUT2D eigenvalue weighted by atomic mass is 10.1. The molecule has 1 aromatic carbocycles. The minimum absolute atomic E-state index is 0.0165. The van der Waals surface area contributed by atoms with Crippen molar-refractivity contribution in [2.45, 2.75) is 39.1 Å². The van der Waals surface area contributed by atoms with E-state index in [0.717, 1.165) is 11.4 Å². The first-order valence-corrected chi connectivity index (χ1v) is 10.5. The first-order valence-electron chi connectivity index (χ1n) is 10.5. The van der Waals surface area contributed by atoms with Gasteiger partial charge in [-0.05, 0) is 32.0 Å². The van der Waals surface area contributed by atoms with Crippen molar-refractivity contribution in [2.24, 2.45) is 0 Å². The van der Waals surface area contributed by atoms with Crippen LogP contribution in [0.25, 0.3) is 5.69 Å². The summed E-state index contributed by atoms with van der Waals surface area (Å²) in [6.45, 7) is 3.53. The maximum Gasteiger partial charge on any atom is 0.415 e. The number of hydrogen-bond donors (Lipinski definition) is 1. The number of hydrogen-bond acceptors (Lipinski definition) is 7. The monoisotopic (exact) mass is 458 g/mol. The van der Waals surface area contributed by atoms with Gasteiger partial charge in [-0.1, -0.05) is 0 Å². The lowest BCUT2D eigenvalue weighted by Gasteiger charge is -2.22. The number of carbonyl (C=O) groups is 1. The Labute approximate surface area is 189 Å². The van der Waals surface area contributed by atoms with E-state index in [2.05, 4.69) is 20.3 Å². The first-order chi connectivity index (χ1) is 15.8. The lowest BCUT2D eigenvalue weighted by molar-refractivity contribution is 0.143. The Balaban J connectivity index is 1.46. The standard InChI is InChI=1S/C22H24F2N6O3/c1-13(23)7-9-32-22(31)29(3)19-6-8-25-21(28-19)27-14(2)20-17-11-33-18-10-15(24)4-5-16(18)30(17)12-26-20/h4-6,8,10,12-14H,7,9,11H2,1-3H3,(H,25,27,28)/t13-,14-/m0/s1. The Morgan fingerprint density at radius 1 is 1.33 bits per heavy atom. The molecule has 9 nitrogen and oxygen atoms in total. The molecule has 4 rings (SSSR count). The minimum atomic E-state index is -1.05. The predicted octanol–water partition coefficient (Wildman–Crippen LogP) is 4.19. The largest absolute Gasteiger partial charge is 0.485 e. The average molecular weight is 458 g/mol. The van der Waals surface area contributed by atoms with Crippen LogP contribution in [0.15, 0.2) is 36.8 Å². The fourth-order valence-corrected chi connectivity index (χ4v) is 3.42. The molecule has 11 heteroatoms. The Hall–Kier alpha value is -3.76. The molecule has 0 unspecified atom stereocenters. The lowest BCUT2D eigenvalue weighted by Crippen LogP contribution is -2.29. The molecule has 0 saturated carbocycles. The van der Waals surface area contributed by atoms with E-state index in [1.165, 1.54) is 37.2 Å². The summed E-state index contributed by atoms with van der Waals surface area (Å²) in [6, 6.07) is 5.64. The van der Waals surface area contributed by atoms with Crippen molar-refractivity contribution in [3.8, 4) is 11.4 Å². The van der Waals surface area contributed by atoms with Crippen molar-refractivity contribution in [3.63, 3.8) is 0 Å². The third-order valence-electron chi connectivity index (χ3n) is 5.20. The maximum atomic E-state index is 13.5. The van der Waals surface area contributed by atoms with E-state index < -0.39 is 12.3 Å². The molecule has 3 aromatic rings. The number of rotatable bonds is 7. The van der Waals surface area contributed by atoms with Crippen LogP contribution in [-0.4, -0.2) is 45.4 Å². The molecule has 0 saturated heterocycles. The maximum absolute atomic E-state index is 13.5. The normalized spacial score (nSPS) is 13.8. The second kappa shape index (κ2) is 9.39. The van der Waals surface area contributed by atoms with Crippen molar-refractivity contribution in [1.82, 2.24) is 19.5 Å². The molecule has 1 aliphatic rings. The zero-order valence-electron chi connectivity index (χ0n) is 18.5. The van der Waals surface area contributed by atoms with Crippen LogP contribution in [0, 0.1) is 5.82 Å². The number of imidazole rings is 1. The molecule has 1 amide bonds. The third-order valence-corrected chi connectivity index (χ3v) is 5.20. The van der Waals surface area contributed by atoms with Crippen molar-refractivity contribution in [3.05, 3.63) is 54.0 Å². The Morgan fingerprint density at radius 3 is 2.94 bits per heavy atom. The number of halogens is 2. The summed E-state index contributed by atoms with van der Waals surface area (Å²) in [5.41, 5.74) is 2.27. The second-order valence-corrected chi connectivity index (χ2v) is 7.69. The van der Waals surface area contributed by atoms with E-state index in [-0.39, 0.29) is 37.4 Å². The molecule has 1 aliphatic heterocycles. The summed E-state index contributed by atoms with van der Waals surface area (Å²) in [7, 11) is 1.51. The number of ether oxygens (including phenoxy) is 2. The predicted molar refractivity (Wildman–Crippen MR) is 117 cm³/mol. The van der Waals surface area contributed by atoms with Crippen LogP contribution >= 0.6 is 0 Å². The number of amides is 1. The van der Waals surface area contributed by atoms with Gasteiger partial charge in [-0.25, -0.2) is 23.5 Å². The van der Waals surface area contributed by atoms with Gasteiger partial charge in [0, 0.05) is 25.7 Å². The van der Waals surface area contributed by atoms with Crippen LogP contribution in [0.1, 0.15) is 37.7 Å². The molecular formula is C22H24F2N6O3. The number of nitrogens with one attached hydrogen (secondary N) is 1. The molecular weight excluding hydrogens is 434 g/mol. The molecule has 1 N–H and O–H groups in total. The summed E-state index contributed by atoms with van der Waals surface area (Å²) in [5, 5.41) is 3.18. The first kappa shape index (κ1) is 22.4. The van der Waals surface area contributed by atoms with E-state index in [1.54, 1.807) is 18.5 Å². The summed E-state index contributed by atoms with van der Waals surface area (Å²) >= 11 is 0. The van der Waals surface area contributed by atoms with Crippen LogP contribution in [0.4, 0.5) is 25.3 Å². The molecule has 33 heavy (non-hydrogen) atoms. The van der Waals surface area contributed by atoms with Crippen LogP contribution in [-0.2, 0) is 11.3 Å². The Morgan fingerprint density at radius 2 is 2.15 bits per heavy atom. The van der Waals surface area contributed by atoms with E-state index in [1.807, 2.05) is 11.5 Å². The summed E-state index contributed by atoms with van der Waals surface area (Å²) in [5.74, 6) is 0.705. The highest BCUT2D eigenvalue weighted by atomic mass is 19.1. The zero-order chi connectivity index (χ0) is 23.5. The highest BCUT2D eigenvalue weighted by Gasteiger charge is 2.25. The molecule has 174 valence electrons. The smallest absolute Gasteiger partial charge is 0.415 e. The fraction of sp³-hybridized carbons (Fsp3) is 0.364. The van der Waals surface area contributed by atoms with Gasteiger partial charge in [0.1, 0.15) is 36.5 Å². The van der Waals surface area contributed by atoms with E-state index in [4.69, 9.17) is 9.47 Å². The number of aromatic nitrogens is 4. The summed E-state index contributed by atoms with van der Waals surface area (Å²) in [4.78, 5) is 26.5. The highest BCUT2D eigenvalue weighted by Crippen LogP contribution is 2.33. The van der Waals surface area contributed by atoms with Gasteiger partial charge in [0.25, 0.3) is 0 Å². The number of alkyl halides is 1. The van der Waals surface area contributed by atoms with Crippen molar-refractivity contribution in [1.29, 1.82) is 0 Å². The topological polar surface area (TPSA) is 94.4 Å². The van der Waals surface area contributed by atoms with E-state index in [9.17, 15) is 13.6 Å². The van der Waals surface area contributed by atoms with E-state index >= 15 is 0 Å². The molecule has 0 radical (unpaired) electrons. The average Bonchev–Trinajstić information content (AvgIpc) is 3.23. The SMILES string of the molecule is C[C@H](F)CCOC(=O)N(C)c1ccnc(N[C@@H](C)c2ncn3c2COc2cc(F)ccc2-3)n1. The molecule has 2 aromatic heterocycles. The van der Waals surface area contributed by atoms with Gasteiger partial charge < -0.3 is 14.8 Å². The third kappa shape index (κ3) is 4.86.